The molecule has 94 valence electrons. The van der Waals surface area contributed by atoms with Crippen molar-refractivity contribution < 1.29 is 20.1 Å². The number of hydrogen-bond acceptors (Lipinski definition) is 4. The van der Waals surface area contributed by atoms with Gasteiger partial charge in [0.1, 0.15) is 11.5 Å². The van der Waals surface area contributed by atoms with Crippen molar-refractivity contribution in [3.63, 3.8) is 0 Å². The van der Waals surface area contributed by atoms with Crippen LogP contribution in [0, 0.1) is 0 Å². The van der Waals surface area contributed by atoms with Gasteiger partial charge in [0.2, 0.25) is 0 Å². The summed E-state index contributed by atoms with van der Waals surface area (Å²) in [5.74, 6) is -0.959. The summed E-state index contributed by atoms with van der Waals surface area (Å²) in [5, 5.41) is 27.5. The number of carboxylic acids is 1. The molecule has 0 saturated heterocycles. The van der Waals surface area contributed by atoms with Crippen LogP contribution in [-0.4, -0.2) is 39.3 Å². The molecule has 0 bridgehead atoms. The van der Waals surface area contributed by atoms with E-state index in [2.05, 4.69) is 0 Å². The Hall–Kier alpha value is -1.75. The van der Waals surface area contributed by atoms with E-state index in [4.69, 9.17) is 5.11 Å². The minimum atomic E-state index is -0.900. The fourth-order valence-corrected chi connectivity index (χ4v) is 1.77. The summed E-state index contributed by atoms with van der Waals surface area (Å²) in [5.41, 5.74) is 0.686. The van der Waals surface area contributed by atoms with E-state index >= 15 is 0 Å². The van der Waals surface area contributed by atoms with Crippen LogP contribution in [0.4, 0.5) is 0 Å². The maximum atomic E-state index is 10.7. The van der Waals surface area contributed by atoms with E-state index in [0.29, 0.717) is 12.1 Å². The fraction of sp³-hybridized carbons (Fsp3) is 0.417. The molecule has 5 nitrogen and oxygen atoms in total. The van der Waals surface area contributed by atoms with Gasteiger partial charge in [-0.15, -0.1) is 0 Å². The first-order valence-electron chi connectivity index (χ1n) is 5.42. The highest BCUT2D eigenvalue weighted by atomic mass is 16.4. The van der Waals surface area contributed by atoms with Crippen LogP contribution >= 0.6 is 0 Å². The molecule has 1 rings (SSSR count). The van der Waals surface area contributed by atoms with Crippen LogP contribution in [0.3, 0.4) is 0 Å². The zero-order valence-electron chi connectivity index (χ0n) is 9.92. The van der Waals surface area contributed by atoms with Crippen LogP contribution in [0.15, 0.2) is 18.2 Å². The third kappa shape index (κ3) is 3.64. The predicted molar refractivity (Wildman–Crippen MR) is 63.1 cm³/mol. The number of nitrogens with zero attached hydrogens (tertiary/aromatic N) is 1. The van der Waals surface area contributed by atoms with Crippen LogP contribution in [0.1, 0.15) is 25.5 Å². The van der Waals surface area contributed by atoms with Crippen molar-refractivity contribution in [1.29, 1.82) is 0 Å². The van der Waals surface area contributed by atoms with Gasteiger partial charge in [0, 0.05) is 12.1 Å². The van der Waals surface area contributed by atoms with Crippen molar-refractivity contribution in [2.75, 3.05) is 13.1 Å². The third-order valence-electron chi connectivity index (χ3n) is 2.70. The first kappa shape index (κ1) is 13.3. The number of carboxylic acid groups (broad SMARTS) is 1. The quantitative estimate of drug-likeness (QED) is 0.726. The minimum Gasteiger partial charge on any atom is -0.508 e. The second-order valence-corrected chi connectivity index (χ2v) is 3.92. The molecule has 0 radical (unpaired) electrons. The molecular formula is C12H17NO4. The third-order valence-corrected chi connectivity index (χ3v) is 2.70. The molecule has 3 N–H and O–H groups in total. The molecule has 0 saturated carbocycles. The Morgan fingerprint density at radius 2 is 1.82 bits per heavy atom. The van der Waals surface area contributed by atoms with Gasteiger partial charge in [-0.3, -0.25) is 9.69 Å². The number of aliphatic carboxylic acids is 1. The van der Waals surface area contributed by atoms with E-state index in [1.54, 1.807) is 4.90 Å². The minimum absolute atomic E-state index is 0.0294. The summed E-state index contributed by atoms with van der Waals surface area (Å²) in [6.07, 6.45) is 0. The van der Waals surface area contributed by atoms with Gasteiger partial charge < -0.3 is 15.3 Å². The molecule has 0 heterocycles. The van der Waals surface area contributed by atoms with E-state index in [1.165, 1.54) is 18.2 Å². The molecule has 1 unspecified atom stereocenters. The lowest BCUT2D eigenvalue weighted by molar-refractivity contribution is -0.138. The molecule has 0 fully saturated rings. The van der Waals surface area contributed by atoms with Crippen LogP contribution in [0.5, 0.6) is 11.5 Å². The average Bonchev–Trinajstić information content (AvgIpc) is 2.23. The first-order chi connectivity index (χ1) is 7.93. The highest BCUT2D eigenvalue weighted by Crippen LogP contribution is 2.27. The van der Waals surface area contributed by atoms with Crippen molar-refractivity contribution in [3.8, 4) is 11.5 Å². The smallest absolute Gasteiger partial charge is 0.317 e. The lowest BCUT2D eigenvalue weighted by atomic mass is 10.1. The summed E-state index contributed by atoms with van der Waals surface area (Å²) in [4.78, 5) is 12.4. The molecule has 0 aliphatic rings. The maximum Gasteiger partial charge on any atom is 0.317 e. The van der Waals surface area contributed by atoms with Crippen LogP contribution in [0.25, 0.3) is 0 Å². The van der Waals surface area contributed by atoms with Crippen molar-refractivity contribution in [2.24, 2.45) is 0 Å². The maximum absolute atomic E-state index is 10.7. The summed E-state index contributed by atoms with van der Waals surface area (Å²) >= 11 is 0. The Labute approximate surface area is 99.9 Å². The summed E-state index contributed by atoms with van der Waals surface area (Å²) in [6, 6.07) is 4.10. The molecule has 0 aliphatic carbocycles. The Kier molecular flexibility index (Phi) is 4.34. The summed E-state index contributed by atoms with van der Waals surface area (Å²) in [6.45, 7) is 4.20. The highest BCUT2D eigenvalue weighted by Gasteiger charge is 2.17. The monoisotopic (exact) mass is 239 g/mol. The van der Waals surface area contributed by atoms with Crippen molar-refractivity contribution in [3.05, 3.63) is 23.8 Å². The number of rotatable bonds is 5. The molecule has 0 spiro atoms. The fourth-order valence-electron chi connectivity index (χ4n) is 1.77. The number of phenols is 2. The van der Waals surface area contributed by atoms with Gasteiger partial charge in [-0.1, -0.05) is 6.92 Å². The average molecular weight is 239 g/mol. The molecule has 0 amide bonds. The predicted octanol–water partition coefficient (Wildman–Crippen LogP) is 1.57. The van der Waals surface area contributed by atoms with E-state index in [1.807, 2.05) is 13.8 Å². The van der Waals surface area contributed by atoms with E-state index in [9.17, 15) is 15.0 Å². The van der Waals surface area contributed by atoms with Gasteiger partial charge >= 0.3 is 5.97 Å². The normalized spacial score (nSPS) is 12.6. The van der Waals surface area contributed by atoms with E-state index in [-0.39, 0.29) is 24.1 Å². The topological polar surface area (TPSA) is 81.0 Å². The molecule has 1 aromatic rings. The number of aromatic hydroxyl groups is 2. The van der Waals surface area contributed by atoms with Crippen LogP contribution in [-0.2, 0) is 4.79 Å². The zero-order valence-corrected chi connectivity index (χ0v) is 9.92. The number of benzene rings is 1. The summed E-state index contributed by atoms with van der Waals surface area (Å²) < 4.78 is 0. The zero-order chi connectivity index (χ0) is 13.0. The number of phenolic OH excluding ortho intramolecular Hbond substituents is 2. The van der Waals surface area contributed by atoms with E-state index < -0.39 is 5.97 Å². The largest absolute Gasteiger partial charge is 0.508 e. The van der Waals surface area contributed by atoms with Gasteiger partial charge in [-0.05, 0) is 31.2 Å². The molecule has 1 atom stereocenters. The molecule has 17 heavy (non-hydrogen) atoms. The van der Waals surface area contributed by atoms with E-state index in [0.717, 1.165) is 0 Å². The van der Waals surface area contributed by atoms with Gasteiger partial charge in [0.15, 0.2) is 0 Å². The molecular weight excluding hydrogens is 222 g/mol. The SMILES string of the molecule is CCN(CC(=O)O)C(C)c1cc(O)cc(O)c1. The van der Waals surface area contributed by atoms with Crippen molar-refractivity contribution >= 4 is 5.97 Å². The van der Waals surface area contributed by atoms with Crippen molar-refractivity contribution in [1.82, 2.24) is 4.90 Å². The first-order valence-corrected chi connectivity index (χ1v) is 5.42. The molecule has 5 heteroatoms. The van der Waals surface area contributed by atoms with Crippen LogP contribution in [0.2, 0.25) is 0 Å². The number of likely N-dealkylation sites (N-methyl/N-ethyl adjacent to an activating group) is 1. The molecule has 0 aromatic heterocycles. The van der Waals surface area contributed by atoms with Gasteiger partial charge in [0.05, 0.1) is 6.54 Å². The van der Waals surface area contributed by atoms with Gasteiger partial charge in [-0.2, -0.15) is 0 Å². The van der Waals surface area contributed by atoms with Crippen LogP contribution < -0.4 is 0 Å². The summed E-state index contributed by atoms with van der Waals surface area (Å²) in [7, 11) is 0. The number of carbonyl (C=O) groups is 1. The lowest BCUT2D eigenvalue weighted by Gasteiger charge is -2.26. The second kappa shape index (κ2) is 5.54. The van der Waals surface area contributed by atoms with Gasteiger partial charge in [-0.25, -0.2) is 0 Å². The van der Waals surface area contributed by atoms with Crippen molar-refractivity contribution in [2.45, 2.75) is 19.9 Å². The Balaban J connectivity index is 2.92. The molecule has 1 aromatic carbocycles. The second-order valence-electron chi connectivity index (χ2n) is 3.92. The Morgan fingerprint density at radius 1 is 1.29 bits per heavy atom. The standard InChI is InChI=1S/C12H17NO4/c1-3-13(7-12(16)17)8(2)9-4-10(14)6-11(15)5-9/h4-6,8,14-15H,3,7H2,1-2H3,(H,16,17). The highest BCUT2D eigenvalue weighted by molar-refractivity contribution is 5.69. The molecule has 0 aliphatic heterocycles. The van der Waals surface area contributed by atoms with Gasteiger partial charge in [0.25, 0.3) is 0 Å². The lowest BCUT2D eigenvalue weighted by Crippen LogP contribution is -2.32. The Bertz CT molecular complexity index is 385. The Morgan fingerprint density at radius 3 is 2.24 bits per heavy atom. The number of hydrogen-bond donors (Lipinski definition) is 3.